The molecule has 0 bridgehead atoms. The summed E-state index contributed by atoms with van der Waals surface area (Å²) < 4.78 is 44.2. The number of carbonyl (C=O) groups is 1. The first-order valence-corrected chi connectivity index (χ1v) is 9.76. The number of nitrogens with one attached hydrogen (secondary N) is 1. The molecule has 1 aromatic carbocycles. The Kier molecular flexibility index (Phi) is 7.60. The lowest BCUT2D eigenvalue weighted by Gasteiger charge is -2.18. The summed E-state index contributed by atoms with van der Waals surface area (Å²) in [5.41, 5.74) is -1.87. The number of thiazole rings is 1. The second-order valence-electron chi connectivity index (χ2n) is 6.35. The first-order valence-electron chi connectivity index (χ1n) is 8.94. The third kappa shape index (κ3) is 5.69. The molecule has 0 aliphatic rings. The van der Waals surface area contributed by atoms with Crippen LogP contribution >= 0.6 is 11.3 Å². The second kappa shape index (κ2) is 9.73. The average Bonchev–Trinajstić information content (AvgIpc) is 3.15. The maximum Gasteiger partial charge on any atom is 0.433 e. The van der Waals surface area contributed by atoms with Crippen molar-refractivity contribution in [2.75, 3.05) is 25.1 Å². The molecule has 0 spiro atoms. The molecule has 6 nitrogen and oxygen atoms in total. The summed E-state index contributed by atoms with van der Waals surface area (Å²) >= 11 is 1.27. The zero-order chi connectivity index (χ0) is 21.6. The fourth-order valence-corrected chi connectivity index (χ4v) is 3.40. The number of aromatic nitrogens is 1. The molecule has 0 aliphatic carbocycles. The van der Waals surface area contributed by atoms with Gasteiger partial charge in [-0.3, -0.25) is 10.2 Å². The molecular formula is C19H22F3N3O3S. The van der Waals surface area contributed by atoms with Crippen molar-refractivity contribution < 1.29 is 27.8 Å². The summed E-state index contributed by atoms with van der Waals surface area (Å²) in [6, 6.07) is 2.42. The Hall–Kier alpha value is -2.62. The van der Waals surface area contributed by atoms with Gasteiger partial charge in [0.25, 0.3) is 0 Å². The Morgan fingerprint density at radius 2 is 2.14 bits per heavy atom. The summed E-state index contributed by atoms with van der Waals surface area (Å²) in [5, 5.41) is 18.3. The van der Waals surface area contributed by atoms with Crippen LogP contribution in [0.4, 0.5) is 18.3 Å². The number of benzene rings is 1. The summed E-state index contributed by atoms with van der Waals surface area (Å²) in [7, 11) is 1.83. The van der Waals surface area contributed by atoms with Gasteiger partial charge in [-0.2, -0.15) is 13.2 Å². The quantitative estimate of drug-likeness (QED) is 0.331. The molecule has 1 heterocycles. The topological polar surface area (TPSA) is 86.5 Å². The van der Waals surface area contributed by atoms with Crippen LogP contribution in [0.3, 0.4) is 0 Å². The van der Waals surface area contributed by atoms with Gasteiger partial charge in [-0.05, 0) is 25.0 Å². The normalized spacial score (nSPS) is 11.3. The van der Waals surface area contributed by atoms with Crippen molar-refractivity contribution in [1.82, 2.24) is 4.98 Å². The first-order chi connectivity index (χ1) is 13.7. The summed E-state index contributed by atoms with van der Waals surface area (Å²) in [4.78, 5) is 17.3. The summed E-state index contributed by atoms with van der Waals surface area (Å²) in [6.07, 6.45) is -1.08. The molecule has 10 heteroatoms. The maximum absolute atomic E-state index is 12.8. The van der Waals surface area contributed by atoms with E-state index in [2.05, 4.69) is 4.98 Å². The van der Waals surface area contributed by atoms with Gasteiger partial charge in [0, 0.05) is 24.7 Å². The van der Waals surface area contributed by atoms with Crippen LogP contribution < -0.4 is 9.64 Å². The van der Waals surface area contributed by atoms with E-state index in [0.29, 0.717) is 41.6 Å². The van der Waals surface area contributed by atoms with Crippen molar-refractivity contribution >= 4 is 28.5 Å². The van der Waals surface area contributed by atoms with E-state index < -0.39 is 23.2 Å². The lowest BCUT2D eigenvalue weighted by Crippen LogP contribution is -2.23. The molecule has 2 rings (SSSR count). The highest BCUT2D eigenvalue weighted by Crippen LogP contribution is 2.36. The molecule has 1 aromatic heterocycles. The highest BCUT2D eigenvalue weighted by atomic mass is 32.1. The van der Waals surface area contributed by atoms with E-state index in [9.17, 15) is 23.1 Å². The van der Waals surface area contributed by atoms with E-state index in [-0.39, 0.29) is 12.2 Å². The predicted octanol–water partition coefficient (Wildman–Crippen LogP) is 4.45. The molecule has 0 unspecified atom stereocenters. The third-order valence-electron chi connectivity index (χ3n) is 4.14. The van der Waals surface area contributed by atoms with E-state index in [4.69, 9.17) is 10.1 Å². The van der Waals surface area contributed by atoms with E-state index in [0.717, 1.165) is 12.4 Å². The molecule has 158 valence electrons. The lowest BCUT2D eigenvalue weighted by atomic mass is 10.00. The number of alkyl halides is 3. The zero-order valence-electron chi connectivity index (χ0n) is 16.0. The number of phenolic OH excluding ortho intramolecular Hbond substituents is 1. The number of anilines is 1. The highest BCUT2D eigenvalue weighted by molar-refractivity contribution is 7.17. The number of rotatable bonds is 10. The SMILES string of the molecule is CCCc1c(OCCCN(C)c2ncc(C=O)s2)ccc(C(=N)C(F)(F)F)c1O. The number of nitrogens with zero attached hydrogens (tertiary/aromatic N) is 2. The molecule has 0 amide bonds. The van der Waals surface area contributed by atoms with Gasteiger partial charge in [-0.15, -0.1) is 0 Å². The summed E-state index contributed by atoms with van der Waals surface area (Å²) in [5.74, 6) is -0.254. The Morgan fingerprint density at radius 3 is 2.72 bits per heavy atom. The monoisotopic (exact) mass is 429 g/mol. The molecule has 0 radical (unpaired) electrons. The van der Waals surface area contributed by atoms with Crippen LogP contribution in [0.2, 0.25) is 0 Å². The molecule has 29 heavy (non-hydrogen) atoms. The Bertz CT molecular complexity index is 868. The molecule has 0 saturated carbocycles. The number of carbonyl (C=O) groups excluding carboxylic acids is 1. The minimum absolute atomic E-state index is 0.267. The Balaban J connectivity index is 2.03. The minimum atomic E-state index is -4.84. The van der Waals surface area contributed by atoms with Crippen molar-refractivity contribution in [3.8, 4) is 11.5 Å². The average molecular weight is 429 g/mol. The van der Waals surface area contributed by atoms with Crippen LogP contribution in [0.25, 0.3) is 0 Å². The Morgan fingerprint density at radius 1 is 1.41 bits per heavy atom. The largest absolute Gasteiger partial charge is 0.507 e. The smallest absolute Gasteiger partial charge is 0.433 e. The van der Waals surface area contributed by atoms with Crippen LogP contribution in [0.5, 0.6) is 11.5 Å². The van der Waals surface area contributed by atoms with Crippen LogP contribution in [-0.2, 0) is 6.42 Å². The van der Waals surface area contributed by atoms with Gasteiger partial charge in [0.15, 0.2) is 11.4 Å². The third-order valence-corrected chi connectivity index (χ3v) is 5.18. The van der Waals surface area contributed by atoms with Gasteiger partial charge in [-0.1, -0.05) is 24.7 Å². The van der Waals surface area contributed by atoms with Gasteiger partial charge in [-0.25, -0.2) is 4.98 Å². The Labute approximate surface area is 170 Å². The van der Waals surface area contributed by atoms with E-state index in [1.54, 1.807) is 0 Å². The fraction of sp³-hybridized carbons (Fsp3) is 0.421. The maximum atomic E-state index is 12.8. The van der Waals surface area contributed by atoms with Crippen molar-refractivity contribution in [3.63, 3.8) is 0 Å². The lowest BCUT2D eigenvalue weighted by molar-refractivity contribution is -0.0588. The molecule has 2 aromatic rings. The molecule has 0 saturated heterocycles. The fourth-order valence-electron chi connectivity index (χ4n) is 2.69. The number of halogens is 3. The van der Waals surface area contributed by atoms with Crippen molar-refractivity contribution in [2.45, 2.75) is 32.4 Å². The number of phenols is 1. The molecule has 2 N–H and O–H groups in total. The first kappa shape index (κ1) is 22.7. The highest BCUT2D eigenvalue weighted by Gasteiger charge is 2.37. The van der Waals surface area contributed by atoms with E-state index >= 15 is 0 Å². The summed E-state index contributed by atoms with van der Waals surface area (Å²) in [6.45, 7) is 2.71. The zero-order valence-corrected chi connectivity index (χ0v) is 16.9. The van der Waals surface area contributed by atoms with Crippen LogP contribution in [0, 0.1) is 5.41 Å². The van der Waals surface area contributed by atoms with E-state index in [1.807, 2.05) is 18.9 Å². The van der Waals surface area contributed by atoms with Crippen LogP contribution in [0.15, 0.2) is 18.3 Å². The van der Waals surface area contributed by atoms with Crippen LogP contribution in [0.1, 0.15) is 40.6 Å². The van der Waals surface area contributed by atoms with Crippen molar-refractivity contribution in [2.24, 2.45) is 0 Å². The molecule has 0 aliphatic heterocycles. The van der Waals surface area contributed by atoms with Crippen LogP contribution in [-0.4, -0.2) is 48.5 Å². The second-order valence-corrected chi connectivity index (χ2v) is 7.39. The van der Waals surface area contributed by atoms with Gasteiger partial charge in [0.2, 0.25) is 0 Å². The van der Waals surface area contributed by atoms with E-state index in [1.165, 1.54) is 23.6 Å². The van der Waals surface area contributed by atoms with Crippen molar-refractivity contribution in [3.05, 3.63) is 34.3 Å². The molecule has 0 fully saturated rings. The standard InChI is InChI=1S/C19H22F3N3O3S/c1-3-5-13-15(7-6-14(16(13)27)17(23)19(20,21)22)28-9-4-8-25(2)18-24-10-12(11-26)29-18/h6-7,10-11,23,27H,3-5,8-9H2,1-2H3. The minimum Gasteiger partial charge on any atom is -0.507 e. The number of ether oxygens (including phenoxy) is 1. The number of aromatic hydroxyl groups is 1. The van der Waals surface area contributed by atoms with Crippen molar-refractivity contribution in [1.29, 1.82) is 5.41 Å². The van der Waals surface area contributed by atoms with Gasteiger partial charge >= 0.3 is 6.18 Å². The molecule has 0 atom stereocenters. The predicted molar refractivity (Wildman–Crippen MR) is 106 cm³/mol. The van der Waals surface area contributed by atoms with Gasteiger partial charge in [0.05, 0.1) is 17.7 Å². The number of hydrogen-bond donors (Lipinski definition) is 2. The molecular weight excluding hydrogens is 407 g/mol. The number of aldehydes is 1. The van der Waals surface area contributed by atoms with Gasteiger partial charge in [0.1, 0.15) is 17.2 Å². The number of hydrogen-bond acceptors (Lipinski definition) is 7. The van der Waals surface area contributed by atoms with Gasteiger partial charge < -0.3 is 14.7 Å².